The van der Waals surface area contributed by atoms with Crippen LogP contribution < -0.4 is 10.2 Å². The highest BCUT2D eigenvalue weighted by Crippen LogP contribution is 2.29. The molecule has 0 bridgehead atoms. The second-order valence-electron chi connectivity index (χ2n) is 6.88. The minimum absolute atomic E-state index is 0.120. The van der Waals surface area contributed by atoms with Crippen molar-refractivity contribution in [2.45, 2.75) is 44.7 Å². The Morgan fingerprint density at radius 1 is 1.26 bits per heavy atom. The van der Waals surface area contributed by atoms with E-state index >= 15 is 0 Å². The van der Waals surface area contributed by atoms with Crippen molar-refractivity contribution in [3.63, 3.8) is 0 Å². The van der Waals surface area contributed by atoms with Gasteiger partial charge in [-0.05, 0) is 50.8 Å². The van der Waals surface area contributed by atoms with Crippen LogP contribution >= 0.6 is 11.6 Å². The van der Waals surface area contributed by atoms with Crippen molar-refractivity contribution in [3.05, 3.63) is 52.6 Å². The molecule has 0 spiro atoms. The van der Waals surface area contributed by atoms with Gasteiger partial charge in [0.25, 0.3) is 5.91 Å². The van der Waals surface area contributed by atoms with E-state index in [1.807, 2.05) is 19.2 Å². The lowest BCUT2D eigenvalue weighted by molar-refractivity contribution is 0.0925. The third-order valence-corrected chi connectivity index (χ3v) is 5.42. The van der Waals surface area contributed by atoms with Crippen LogP contribution in [0.15, 0.2) is 30.6 Å². The number of anilines is 1. The van der Waals surface area contributed by atoms with Crippen LogP contribution in [0.5, 0.6) is 0 Å². The summed E-state index contributed by atoms with van der Waals surface area (Å²) in [7, 11) is 2.05. The monoisotopic (exact) mass is 383 g/mol. The molecule has 140 valence electrons. The van der Waals surface area contributed by atoms with Crippen molar-refractivity contribution < 1.29 is 4.79 Å². The average molecular weight is 384 g/mol. The molecule has 2 aromatic rings. The lowest BCUT2D eigenvalue weighted by Gasteiger charge is -2.36. The van der Waals surface area contributed by atoms with Crippen LogP contribution in [0.25, 0.3) is 0 Å². The van der Waals surface area contributed by atoms with Gasteiger partial charge in [-0.1, -0.05) is 11.6 Å². The van der Waals surface area contributed by atoms with E-state index in [1.165, 1.54) is 0 Å². The predicted octanol–water partition coefficient (Wildman–Crippen LogP) is 3.49. The number of carbonyl (C=O) groups is 1. The minimum Gasteiger partial charge on any atom is -0.372 e. The fraction of sp³-hybridized carbons (Fsp3) is 0.400. The van der Waals surface area contributed by atoms with Crippen molar-refractivity contribution in [1.29, 1.82) is 5.26 Å². The maximum atomic E-state index is 12.3. The summed E-state index contributed by atoms with van der Waals surface area (Å²) in [5.41, 5.74) is 1.98. The molecule has 6 nitrogen and oxygen atoms in total. The van der Waals surface area contributed by atoms with Crippen LogP contribution in [0, 0.1) is 18.3 Å². The smallest absolute Gasteiger partial charge is 0.254 e. The van der Waals surface area contributed by atoms with Gasteiger partial charge in [0.1, 0.15) is 11.9 Å². The van der Waals surface area contributed by atoms with Crippen LogP contribution in [-0.4, -0.2) is 35.0 Å². The van der Waals surface area contributed by atoms with E-state index in [-0.39, 0.29) is 11.9 Å². The quantitative estimate of drug-likeness (QED) is 0.873. The zero-order chi connectivity index (χ0) is 19.4. The fourth-order valence-corrected chi connectivity index (χ4v) is 3.63. The molecule has 7 heteroatoms. The number of hydrogen-bond donors (Lipinski definition) is 1. The summed E-state index contributed by atoms with van der Waals surface area (Å²) in [4.78, 5) is 22.7. The highest BCUT2D eigenvalue weighted by Gasteiger charge is 2.26. The maximum Gasteiger partial charge on any atom is 0.254 e. The Hall–Kier alpha value is -2.65. The summed E-state index contributed by atoms with van der Waals surface area (Å²) in [6.07, 6.45) is 6.90. The summed E-state index contributed by atoms with van der Waals surface area (Å²) in [5, 5.41) is 12.6. The highest BCUT2D eigenvalue weighted by molar-refractivity contribution is 6.32. The van der Waals surface area contributed by atoms with Crippen LogP contribution in [0.3, 0.4) is 0 Å². The first-order chi connectivity index (χ1) is 13.0. The number of amides is 1. The molecule has 0 radical (unpaired) electrons. The van der Waals surface area contributed by atoms with E-state index in [1.54, 1.807) is 25.4 Å². The molecule has 0 saturated heterocycles. The molecule has 0 unspecified atom stereocenters. The first kappa shape index (κ1) is 19.1. The number of aryl methyl sites for hydroxylation is 1. The Morgan fingerprint density at radius 2 is 1.93 bits per heavy atom. The van der Waals surface area contributed by atoms with Crippen molar-refractivity contribution in [2.75, 3.05) is 11.9 Å². The molecule has 1 aliphatic carbocycles. The van der Waals surface area contributed by atoms with E-state index in [9.17, 15) is 4.79 Å². The molecular weight excluding hydrogens is 362 g/mol. The average Bonchev–Trinajstić information content (AvgIpc) is 2.68. The number of rotatable bonds is 4. The second kappa shape index (κ2) is 8.36. The van der Waals surface area contributed by atoms with Gasteiger partial charge in [0.15, 0.2) is 0 Å². The van der Waals surface area contributed by atoms with Gasteiger partial charge in [-0.25, -0.2) is 9.97 Å². The zero-order valence-corrected chi connectivity index (χ0v) is 16.2. The molecule has 1 saturated carbocycles. The molecule has 1 aliphatic rings. The van der Waals surface area contributed by atoms with Crippen molar-refractivity contribution in [1.82, 2.24) is 15.3 Å². The predicted molar refractivity (Wildman–Crippen MR) is 105 cm³/mol. The third-order valence-electron chi connectivity index (χ3n) is 5.10. The summed E-state index contributed by atoms with van der Waals surface area (Å²) < 4.78 is 0. The topological polar surface area (TPSA) is 81.9 Å². The number of halogens is 1. The summed E-state index contributed by atoms with van der Waals surface area (Å²) in [6, 6.07) is 8.14. The molecule has 1 aromatic carbocycles. The Balaban J connectivity index is 1.55. The number of nitrogens with zero attached hydrogens (tertiary/aromatic N) is 4. The van der Waals surface area contributed by atoms with Gasteiger partial charge < -0.3 is 10.2 Å². The number of carbonyl (C=O) groups excluding carboxylic acids is 1. The summed E-state index contributed by atoms with van der Waals surface area (Å²) in [5.74, 6) is 0.531. The minimum atomic E-state index is -0.120. The third kappa shape index (κ3) is 4.55. The van der Waals surface area contributed by atoms with Gasteiger partial charge in [0.2, 0.25) is 0 Å². The number of benzene rings is 1. The number of nitriles is 1. The normalized spacial score (nSPS) is 19.2. The van der Waals surface area contributed by atoms with Gasteiger partial charge in [-0.15, -0.1) is 0 Å². The van der Waals surface area contributed by atoms with Crippen LogP contribution in [0.4, 0.5) is 5.69 Å². The van der Waals surface area contributed by atoms with Crippen molar-refractivity contribution in [3.8, 4) is 6.07 Å². The van der Waals surface area contributed by atoms with E-state index in [4.69, 9.17) is 16.9 Å². The molecule has 1 fully saturated rings. The van der Waals surface area contributed by atoms with E-state index in [0.717, 1.165) is 31.4 Å². The summed E-state index contributed by atoms with van der Waals surface area (Å²) in [6.45, 7) is 1.79. The maximum absolute atomic E-state index is 12.3. The van der Waals surface area contributed by atoms with Gasteiger partial charge in [0.05, 0.1) is 16.1 Å². The first-order valence-electron chi connectivity index (χ1n) is 9.00. The zero-order valence-electron chi connectivity index (χ0n) is 15.4. The molecule has 1 aromatic heterocycles. The lowest BCUT2D eigenvalue weighted by Crippen LogP contribution is -2.43. The van der Waals surface area contributed by atoms with Crippen molar-refractivity contribution in [2.24, 2.45) is 0 Å². The number of nitrogens with one attached hydrogen (secondary N) is 1. The van der Waals surface area contributed by atoms with E-state index < -0.39 is 0 Å². The Kier molecular flexibility index (Phi) is 5.92. The molecule has 27 heavy (non-hydrogen) atoms. The van der Waals surface area contributed by atoms with Crippen LogP contribution in [0.1, 0.15) is 47.4 Å². The van der Waals surface area contributed by atoms with Gasteiger partial charge in [-0.2, -0.15) is 5.26 Å². The molecular formula is C20H22ClN5O. The van der Waals surface area contributed by atoms with Crippen LogP contribution in [-0.2, 0) is 0 Å². The molecule has 3 rings (SSSR count). The Morgan fingerprint density at radius 3 is 2.52 bits per heavy atom. The molecule has 1 heterocycles. The largest absolute Gasteiger partial charge is 0.372 e. The lowest BCUT2D eigenvalue weighted by atomic mass is 9.90. The molecule has 0 aliphatic heterocycles. The molecule has 0 atom stereocenters. The number of hydrogen-bond acceptors (Lipinski definition) is 5. The molecule has 1 amide bonds. The van der Waals surface area contributed by atoms with Gasteiger partial charge in [0, 0.05) is 37.2 Å². The fourth-order valence-electron chi connectivity index (χ4n) is 3.41. The first-order valence-corrected chi connectivity index (χ1v) is 9.37. The Bertz CT molecular complexity index is 854. The molecule has 1 N–H and O–H groups in total. The van der Waals surface area contributed by atoms with Crippen molar-refractivity contribution >= 4 is 23.2 Å². The van der Waals surface area contributed by atoms with Crippen LogP contribution in [0.2, 0.25) is 5.02 Å². The van der Waals surface area contributed by atoms with E-state index in [0.29, 0.717) is 28.0 Å². The SMILES string of the molecule is Cc1ncc(C(=O)NC2CCC(N(C)c3ccc(C#N)c(Cl)c3)CC2)cn1. The van der Waals surface area contributed by atoms with Gasteiger partial charge in [-0.3, -0.25) is 4.79 Å². The van der Waals surface area contributed by atoms with E-state index in [2.05, 4.69) is 26.3 Å². The summed E-state index contributed by atoms with van der Waals surface area (Å²) >= 11 is 6.15. The number of aromatic nitrogens is 2. The standard InChI is InChI=1S/C20H22ClN5O/c1-13-23-11-15(12-24-13)20(27)25-16-4-7-17(8-5-16)26(2)18-6-3-14(10-22)19(21)9-18/h3,6,9,11-12,16-17H,4-5,7-8H2,1-2H3,(H,25,27). The van der Waals surface area contributed by atoms with Gasteiger partial charge >= 0.3 is 0 Å². The Labute approximate surface area is 164 Å². The second-order valence-corrected chi connectivity index (χ2v) is 7.29. The highest BCUT2D eigenvalue weighted by atomic mass is 35.5.